The van der Waals surface area contributed by atoms with E-state index in [1.165, 1.54) is 27.5 Å². The molecule has 234 valence electrons. The maximum absolute atomic E-state index is 15.1. The highest BCUT2D eigenvalue weighted by Gasteiger charge is 2.31. The van der Waals surface area contributed by atoms with Crippen LogP contribution in [0, 0.1) is 11.6 Å². The number of anilines is 5. The highest BCUT2D eigenvalue weighted by molar-refractivity contribution is 6.15. The van der Waals surface area contributed by atoms with E-state index in [2.05, 4.69) is 27.5 Å². The van der Waals surface area contributed by atoms with E-state index in [9.17, 15) is 14.4 Å². The summed E-state index contributed by atoms with van der Waals surface area (Å²) in [6.45, 7) is 4.95. The van der Waals surface area contributed by atoms with Gasteiger partial charge in [0.15, 0.2) is 34.5 Å². The number of likely N-dealkylation sites (N-methyl/N-ethyl adjacent to an activating group) is 1. The lowest BCUT2D eigenvalue weighted by atomic mass is 10.0. The molecule has 1 aliphatic rings. The molecule has 14 heteroatoms. The topological polar surface area (TPSA) is 138 Å². The third kappa shape index (κ3) is 5.87. The molecule has 0 atom stereocenters. The minimum absolute atomic E-state index is 0.0744. The van der Waals surface area contributed by atoms with Crippen LogP contribution in [0.5, 0.6) is 11.5 Å². The number of hydrogen-bond acceptors (Lipinski definition) is 10. The Morgan fingerprint density at radius 1 is 1.07 bits per heavy atom. The maximum atomic E-state index is 15.1. The molecule has 0 bridgehead atoms. The van der Waals surface area contributed by atoms with Crippen LogP contribution in [0.4, 0.5) is 37.3 Å². The quantitative estimate of drug-likeness (QED) is 0.171. The highest BCUT2D eigenvalue weighted by Crippen LogP contribution is 2.38. The lowest BCUT2D eigenvalue weighted by Gasteiger charge is -2.32. The number of nitrogens with one attached hydrogen (secondary N) is 3. The van der Waals surface area contributed by atoms with E-state index in [4.69, 9.17) is 13.9 Å². The first-order valence-corrected chi connectivity index (χ1v) is 13.7. The second kappa shape index (κ2) is 12.6. The molecule has 2 aromatic carbocycles. The molecule has 12 nitrogen and oxygen atoms in total. The van der Waals surface area contributed by atoms with Gasteiger partial charge in [0, 0.05) is 37.3 Å². The molecule has 2 amide bonds. The predicted molar refractivity (Wildman–Crippen MR) is 165 cm³/mol. The van der Waals surface area contributed by atoms with Crippen LogP contribution in [0.1, 0.15) is 16.1 Å². The van der Waals surface area contributed by atoms with E-state index < -0.39 is 28.9 Å². The predicted octanol–water partition coefficient (Wildman–Crippen LogP) is 4.54. The molecular weight excluding hydrogens is 590 g/mol. The summed E-state index contributed by atoms with van der Waals surface area (Å²) < 4.78 is 45.9. The molecule has 3 heterocycles. The van der Waals surface area contributed by atoms with Crippen molar-refractivity contribution in [3.8, 4) is 11.5 Å². The Kier molecular flexibility index (Phi) is 8.68. The number of ketones is 1. The van der Waals surface area contributed by atoms with Gasteiger partial charge in [-0.25, -0.2) is 13.8 Å². The molecule has 0 radical (unpaired) electrons. The Bertz CT molecular complexity index is 1810. The lowest BCUT2D eigenvalue weighted by Crippen LogP contribution is -2.48. The van der Waals surface area contributed by atoms with Crippen molar-refractivity contribution in [3.63, 3.8) is 0 Å². The number of rotatable bonds is 10. The number of fused-ring (bicyclic) bond motifs is 1. The second-order valence-corrected chi connectivity index (χ2v) is 10.1. The summed E-state index contributed by atoms with van der Waals surface area (Å²) in [5.41, 5.74) is 0.819. The van der Waals surface area contributed by atoms with E-state index in [1.54, 1.807) is 29.2 Å². The number of methoxy groups -OCH3 is 2. The summed E-state index contributed by atoms with van der Waals surface area (Å²) in [5, 5.41) is 9.13. The van der Waals surface area contributed by atoms with Crippen molar-refractivity contribution in [2.75, 3.05) is 68.8 Å². The van der Waals surface area contributed by atoms with Crippen molar-refractivity contribution in [2.45, 2.75) is 0 Å². The number of furan rings is 1. The van der Waals surface area contributed by atoms with Gasteiger partial charge in [-0.05, 0) is 37.4 Å². The van der Waals surface area contributed by atoms with Crippen LogP contribution >= 0.6 is 0 Å². The summed E-state index contributed by atoms with van der Waals surface area (Å²) >= 11 is 0. The third-order valence-corrected chi connectivity index (χ3v) is 7.27. The molecule has 45 heavy (non-hydrogen) atoms. The van der Waals surface area contributed by atoms with Gasteiger partial charge in [-0.3, -0.25) is 19.3 Å². The molecule has 2 aromatic heterocycles. The average Bonchev–Trinajstić information content (AvgIpc) is 3.40. The maximum Gasteiger partial charge on any atom is 0.247 e. The van der Waals surface area contributed by atoms with Gasteiger partial charge in [-0.15, -0.1) is 0 Å². The van der Waals surface area contributed by atoms with E-state index >= 15 is 8.78 Å². The molecule has 3 N–H and O–H groups in total. The second-order valence-electron chi connectivity index (χ2n) is 10.1. The molecule has 4 aromatic rings. The Morgan fingerprint density at radius 2 is 1.78 bits per heavy atom. The van der Waals surface area contributed by atoms with Gasteiger partial charge in [-0.2, -0.15) is 0 Å². The monoisotopic (exact) mass is 620 g/mol. The van der Waals surface area contributed by atoms with Gasteiger partial charge in [0.05, 0.1) is 44.0 Å². The number of amides is 2. The third-order valence-electron chi connectivity index (χ3n) is 7.27. The Hall–Kier alpha value is -5.50. The zero-order valence-corrected chi connectivity index (χ0v) is 24.9. The Morgan fingerprint density at radius 3 is 2.40 bits per heavy atom. The molecule has 1 aliphatic heterocycles. The van der Waals surface area contributed by atoms with E-state index in [0.717, 1.165) is 12.1 Å². The van der Waals surface area contributed by atoms with Crippen molar-refractivity contribution >= 4 is 57.1 Å². The van der Waals surface area contributed by atoms with Crippen LogP contribution in [0.25, 0.3) is 11.0 Å². The summed E-state index contributed by atoms with van der Waals surface area (Å²) in [6.07, 6.45) is 2.46. The number of ether oxygens (including phenoxy) is 2. The number of pyridine rings is 1. The van der Waals surface area contributed by atoms with Crippen LogP contribution in [-0.4, -0.2) is 75.4 Å². The largest absolute Gasteiger partial charge is 0.494 e. The normalized spacial score (nSPS) is 13.5. The van der Waals surface area contributed by atoms with Crippen molar-refractivity contribution < 1.29 is 37.1 Å². The first-order valence-electron chi connectivity index (χ1n) is 13.7. The van der Waals surface area contributed by atoms with Gasteiger partial charge >= 0.3 is 0 Å². The molecule has 0 aliphatic carbocycles. The van der Waals surface area contributed by atoms with Crippen LogP contribution < -0.4 is 30.3 Å². The summed E-state index contributed by atoms with van der Waals surface area (Å²) in [6, 6.07) is 7.67. The lowest BCUT2D eigenvalue weighted by molar-refractivity contribution is -0.120. The summed E-state index contributed by atoms with van der Waals surface area (Å²) in [4.78, 5) is 46.3. The fraction of sp³-hybridized carbons (Fsp3) is 0.226. The van der Waals surface area contributed by atoms with Crippen LogP contribution in [0.15, 0.2) is 53.6 Å². The van der Waals surface area contributed by atoms with Crippen molar-refractivity contribution in [1.29, 1.82) is 0 Å². The number of carbonyl (C=O) groups excluding carboxylic acids is 3. The molecule has 1 saturated heterocycles. The number of benzene rings is 2. The average molecular weight is 621 g/mol. The van der Waals surface area contributed by atoms with Crippen molar-refractivity contribution in [2.24, 2.45) is 0 Å². The number of carbonyl (C=O) groups is 3. The molecule has 0 saturated carbocycles. The van der Waals surface area contributed by atoms with Gasteiger partial charge < -0.3 is 34.7 Å². The molecule has 0 unspecified atom stereocenters. The molecule has 5 rings (SSSR count). The molecule has 0 spiro atoms. The first kappa shape index (κ1) is 30.9. The van der Waals surface area contributed by atoms with Crippen molar-refractivity contribution in [3.05, 3.63) is 72.1 Å². The number of aromatic nitrogens is 1. The molecule has 1 fully saturated rings. The van der Waals surface area contributed by atoms with E-state index in [-0.39, 0.29) is 46.8 Å². The van der Waals surface area contributed by atoms with Gasteiger partial charge in [0.25, 0.3) is 0 Å². The van der Waals surface area contributed by atoms with Crippen LogP contribution in [-0.2, 0) is 9.59 Å². The van der Waals surface area contributed by atoms with E-state index in [1.807, 2.05) is 11.9 Å². The fourth-order valence-electron chi connectivity index (χ4n) is 4.98. The smallest absolute Gasteiger partial charge is 0.247 e. The standard InChI is InChI=1S/C31H30F2N6O6/c1-6-24(40)37-19-11-16(39-10-9-38(3)15-25(39)41)7-8-18(19)36-23-12-17-22(14-35-23)45-31(29(17)34-2)30(42)26-27(32)20(43-4)13-21(44-5)28(26)33/h6-8,11-14,34H,1,9-10,15H2,2-5H3,(H,35,36)(H,37,40). The van der Waals surface area contributed by atoms with Gasteiger partial charge in [-0.1, -0.05) is 6.58 Å². The number of piperazine rings is 1. The summed E-state index contributed by atoms with van der Waals surface area (Å²) in [5.74, 6) is -4.87. The number of nitrogens with zero attached hydrogens (tertiary/aromatic N) is 3. The fourth-order valence-corrected chi connectivity index (χ4v) is 4.98. The number of hydrogen-bond donors (Lipinski definition) is 3. The van der Waals surface area contributed by atoms with Crippen molar-refractivity contribution in [1.82, 2.24) is 9.88 Å². The number of halogens is 2. The van der Waals surface area contributed by atoms with Crippen LogP contribution in [0.2, 0.25) is 0 Å². The highest BCUT2D eigenvalue weighted by atomic mass is 19.1. The van der Waals surface area contributed by atoms with Gasteiger partial charge in [0.2, 0.25) is 17.6 Å². The molecular formula is C31H30F2N6O6. The zero-order chi connectivity index (χ0) is 32.4. The Balaban J connectivity index is 1.52. The van der Waals surface area contributed by atoms with Crippen LogP contribution in [0.3, 0.4) is 0 Å². The minimum atomic E-state index is -1.21. The zero-order valence-electron chi connectivity index (χ0n) is 24.9. The van der Waals surface area contributed by atoms with Gasteiger partial charge in [0.1, 0.15) is 11.4 Å². The minimum Gasteiger partial charge on any atom is -0.494 e. The van der Waals surface area contributed by atoms with E-state index in [0.29, 0.717) is 35.5 Å². The first-order chi connectivity index (χ1) is 21.6. The summed E-state index contributed by atoms with van der Waals surface area (Å²) in [7, 11) is 5.75. The Labute approximate surface area is 256 Å². The SMILES string of the molecule is C=CC(=O)Nc1cc(N2CCN(C)CC2=O)ccc1Nc1cc2c(NC)c(C(=O)c3c(F)c(OC)cc(OC)c3F)oc2cn1.